The van der Waals surface area contributed by atoms with Gasteiger partial charge in [0, 0.05) is 108 Å². The van der Waals surface area contributed by atoms with E-state index in [9.17, 15) is 59.8 Å². The molecule has 0 saturated carbocycles. The monoisotopic (exact) mass is 1370 g/mol. The first-order chi connectivity index (χ1) is 46.4. The Labute approximate surface area is 565 Å². The number of aromatic nitrogens is 1. The Hall–Kier alpha value is -7.97. The van der Waals surface area contributed by atoms with Gasteiger partial charge in [0.2, 0.25) is 17.7 Å². The van der Waals surface area contributed by atoms with Crippen LogP contribution in [0.25, 0.3) is 11.1 Å². The maximum Gasteiger partial charge on any atom is 0.416 e. The van der Waals surface area contributed by atoms with Crippen LogP contribution < -0.4 is 10.2 Å². The summed E-state index contributed by atoms with van der Waals surface area (Å²) in [6.45, 7) is 5.12. The molecule has 0 radical (unpaired) electrons. The molecule has 1 aliphatic carbocycles. The molecule has 3 aliphatic heterocycles. The number of hydrogen-bond donors (Lipinski definition) is 2. The quantitative estimate of drug-likeness (QED) is 0.0370. The van der Waals surface area contributed by atoms with Crippen molar-refractivity contribution in [1.82, 2.24) is 34.4 Å². The van der Waals surface area contributed by atoms with Crippen LogP contribution in [-0.2, 0) is 60.1 Å². The van der Waals surface area contributed by atoms with Crippen molar-refractivity contribution in [1.29, 1.82) is 0 Å². The Morgan fingerprint density at radius 3 is 2.05 bits per heavy atom. The number of carbonyl (C=O) groups is 5. The number of nitrogens with one attached hydrogen (secondary N) is 1. The minimum Gasteiger partial charge on any atom is -0.465 e. The topological polar surface area (TPSA) is 172 Å². The minimum atomic E-state index is -5.15. The average Bonchev–Trinajstić information content (AvgIpc) is 1.60. The van der Waals surface area contributed by atoms with E-state index in [1.165, 1.54) is 40.5 Å². The van der Waals surface area contributed by atoms with E-state index < -0.39 is 64.6 Å². The molecule has 4 aliphatic rings. The zero-order valence-corrected chi connectivity index (χ0v) is 55.7. The zero-order chi connectivity index (χ0) is 69.1. The van der Waals surface area contributed by atoms with E-state index in [1.807, 2.05) is 79.2 Å². The van der Waals surface area contributed by atoms with Gasteiger partial charge in [-0.2, -0.15) is 26.3 Å². The highest BCUT2D eigenvalue weighted by molar-refractivity contribution is 7.13. The molecule has 2 N–H and O–H groups in total. The van der Waals surface area contributed by atoms with Gasteiger partial charge in [0.25, 0.3) is 5.91 Å². The van der Waals surface area contributed by atoms with Crippen LogP contribution in [0.2, 0.25) is 0 Å². The number of carboxylic acid groups (broad SMARTS) is 1. The molecular formula is C72H84F7N9O8S. The number of piperidine rings is 2. The Morgan fingerprint density at radius 1 is 0.722 bits per heavy atom. The first-order valence-electron chi connectivity index (χ1n) is 33.1. The summed E-state index contributed by atoms with van der Waals surface area (Å²) in [5.41, 5.74) is 0.305. The third-order valence-electron chi connectivity index (χ3n) is 19.6. The van der Waals surface area contributed by atoms with Crippen molar-refractivity contribution >= 4 is 51.9 Å². The molecule has 3 saturated heterocycles. The molecule has 1 aromatic heterocycles. The summed E-state index contributed by atoms with van der Waals surface area (Å²) in [5.74, 6) is -1.81. The maximum atomic E-state index is 14.2. The Kier molecular flexibility index (Phi) is 23.5. The third-order valence-corrected chi connectivity index (χ3v) is 20.5. The molecule has 97 heavy (non-hydrogen) atoms. The number of fused-ring (bicyclic) bond motifs is 2. The number of hydrogen-bond acceptors (Lipinski definition) is 12. The van der Waals surface area contributed by atoms with Crippen LogP contribution in [0.15, 0.2) is 127 Å². The molecule has 6 aromatic rings. The predicted octanol–water partition coefficient (Wildman–Crippen LogP) is 12.3. The van der Waals surface area contributed by atoms with E-state index in [0.717, 1.165) is 71.2 Å². The van der Waals surface area contributed by atoms with Crippen molar-refractivity contribution in [2.75, 3.05) is 117 Å². The molecule has 0 bridgehead atoms. The van der Waals surface area contributed by atoms with E-state index in [4.69, 9.17) is 9.47 Å². The van der Waals surface area contributed by atoms with Crippen LogP contribution in [0.5, 0.6) is 0 Å². The predicted molar refractivity (Wildman–Crippen MR) is 356 cm³/mol. The van der Waals surface area contributed by atoms with Gasteiger partial charge in [-0.1, -0.05) is 91.3 Å². The van der Waals surface area contributed by atoms with Crippen molar-refractivity contribution in [2.24, 2.45) is 0 Å². The minimum absolute atomic E-state index is 0.0298. The average molecular weight is 1370 g/mol. The van der Waals surface area contributed by atoms with E-state index in [0.29, 0.717) is 120 Å². The summed E-state index contributed by atoms with van der Waals surface area (Å²) >= 11 is 1.43. The Balaban J connectivity index is 0.609. The number of para-hydroxylation sites is 1. The van der Waals surface area contributed by atoms with Crippen molar-refractivity contribution in [2.45, 2.75) is 113 Å². The standard InChI is InChI=1S/C72H84F7N9O8S/c1-82(64(90)45-57-47-97-67(81-57)80-31-13-5-8-21-63(89)84(3)39-40-85-34-26-58(27-35-85)88(68(93)94)61-20-12-10-18-59(61)50-15-6-4-7-16-50)32-14-33-83(2)65(91)46-95-62-43-51-17-9-11-19-60(51)69(62)28-36-86(37-29-69)38-30-70(53-22-24-56(73)25-23-53)48-87(49-96-70)66(92)52-41-54(71(74,75)76)44-55(42-52)72(77,78)79/h4,6-7,9-12,15-20,22-25,41-42,44,47,58,62H,5,8,13-14,21,26-40,43,45-46,48-49H2,1-3H3,(H,80,81)(H,93,94)/t62-,70-/m0/s1. The van der Waals surface area contributed by atoms with Crippen molar-refractivity contribution < 1.29 is 69.3 Å². The van der Waals surface area contributed by atoms with Crippen molar-refractivity contribution in [3.05, 3.63) is 172 Å². The first-order valence-corrected chi connectivity index (χ1v) is 34.0. The van der Waals surface area contributed by atoms with Gasteiger partial charge in [0.1, 0.15) is 24.8 Å². The lowest BCUT2D eigenvalue weighted by molar-refractivity contribution is -0.143. The Morgan fingerprint density at radius 2 is 1.36 bits per heavy atom. The van der Waals surface area contributed by atoms with Gasteiger partial charge in [0.15, 0.2) is 5.13 Å². The lowest BCUT2D eigenvalue weighted by Gasteiger charge is -2.44. The second-order valence-corrected chi connectivity index (χ2v) is 26.8. The van der Waals surface area contributed by atoms with E-state index in [1.54, 1.807) is 28.8 Å². The van der Waals surface area contributed by atoms with E-state index >= 15 is 0 Å². The summed E-state index contributed by atoms with van der Waals surface area (Å²) < 4.78 is 110. The fourth-order valence-corrected chi connectivity index (χ4v) is 14.7. The highest BCUT2D eigenvalue weighted by Crippen LogP contribution is 2.49. The molecule has 520 valence electrons. The molecule has 1 spiro atoms. The fourth-order valence-electron chi connectivity index (χ4n) is 13.9. The number of likely N-dealkylation sites (N-methyl/N-ethyl adjacent to an activating group) is 3. The van der Waals surface area contributed by atoms with Crippen LogP contribution in [0, 0.1) is 5.82 Å². The summed E-state index contributed by atoms with van der Waals surface area (Å²) in [6, 6.07) is 31.7. The molecule has 10 rings (SSSR count). The molecule has 5 amide bonds. The largest absolute Gasteiger partial charge is 0.465 e. The lowest BCUT2D eigenvalue weighted by Crippen LogP contribution is -2.50. The number of anilines is 2. The molecule has 4 heterocycles. The zero-order valence-electron chi connectivity index (χ0n) is 54.9. The third kappa shape index (κ3) is 17.9. The van der Waals surface area contributed by atoms with Crippen LogP contribution >= 0.6 is 11.3 Å². The maximum absolute atomic E-state index is 14.2. The number of nitrogens with zero attached hydrogens (tertiary/aromatic N) is 8. The number of ether oxygens (including phenoxy) is 2. The highest BCUT2D eigenvalue weighted by Gasteiger charge is 2.50. The van der Waals surface area contributed by atoms with Gasteiger partial charge < -0.3 is 49.3 Å². The van der Waals surface area contributed by atoms with E-state index in [2.05, 4.69) is 32.2 Å². The number of carbonyl (C=O) groups excluding carboxylic acids is 4. The number of halogens is 7. The van der Waals surface area contributed by atoms with Crippen LogP contribution in [0.3, 0.4) is 0 Å². The molecule has 17 nitrogen and oxygen atoms in total. The second-order valence-electron chi connectivity index (χ2n) is 25.9. The highest BCUT2D eigenvalue weighted by atomic mass is 32.1. The number of thiazole rings is 1. The van der Waals surface area contributed by atoms with Gasteiger partial charge in [-0.25, -0.2) is 14.2 Å². The van der Waals surface area contributed by atoms with Gasteiger partial charge in [0.05, 0.1) is 41.6 Å². The first kappa shape index (κ1) is 71.8. The van der Waals surface area contributed by atoms with Gasteiger partial charge >= 0.3 is 18.4 Å². The van der Waals surface area contributed by atoms with Crippen molar-refractivity contribution in [3.63, 3.8) is 0 Å². The van der Waals surface area contributed by atoms with E-state index in [-0.39, 0.29) is 61.9 Å². The number of benzene rings is 5. The Bertz CT molecular complexity index is 3650. The smallest absolute Gasteiger partial charge is 0.416 e. The summed E-state index contributed by atoms with van der Waals surface area (Å²) in [6.07, 6.45) is -4.39. The van der Waals surface area contributed by atoms with Crippen LogP contribution in [-0.4, -0.2) is 188 Å². The molecular weight excluding hydrogens is 1280 g/mol. The summed E-state index contributed by atoms with van der Waals surface area (Å²) in [7, 11) is 5.28. The SMILES string of the molecule is CN(CCN1CCC(N(C(=O)O)c2ccccc2-c2ccccc2)CC1)C(=O)CCCCCNc1nc(CC(=O)N(C)CCCN(C)C(=O)CO[C@H]2Cc3ccccc3C23CCN(CC[C@@]2(c4ccc(F)cc4)CN(C(=O)c4cc(C(F)(F)F)cc(C(F)(F)F)c4)CO2)CC3)cs1. The lowest BCUT2D eigenvalue weighted by atomic mass is 9.72. The van der Waals surface area contributed by atoms with Crippen molar-refractivity contribution in [3.8, 4) is 11.1 Å². The number of likely N-dealkylation sites (tertiary alicyclic amines) is 2. The van der Waals surface area contributed by atoms with Gasteiger partial charge in [-0.3, -0.25) is 24.1 Å². The van der Waals surface area contributed by atoms with Crippen LogP contribution in [0.1, 0.15) is 108 Å². The summed E-state index contributed by atoms with van der Waals surface area (Å²) in [5, 5.41) is 16.3. The molecule has 25 heteroatoms. The molecule has 5 aromatic carbocycles. The molecule has 2 atom stereocenters. The fraction of sp³-hybridized carbons (Fsp3) is 0.472. The number of unbranched alkanes of at least 4 members (excludes halogenated alkanes) is 2. The van der Waals surface area contributed by atoms with Gasteiger partial charge in [-0.15, -0.1) is 11.3 Å². The number of alkyl halides is 6. The second kappa shape index (κ2) is 31.7. The molecule has 0 unspecified atom stereocenters. The number of amides is 5. The normalized spacial score (nSPS) is 18.2. The summed E-state index contributed by atoms with van der Waals surface area (Å²) in [4.78, 5) is 83.2. The number of rotatable bonds is 27. The molecule has 3 fully saturated rings. The van der Waals surface area contributed by atoms with Crippen LogP contribution in [0.4, 0.5) is 46.3 Å². The van der Waals surface area contributed by atoms with Gasteiger partial charge in [-0.05, 0) is 130 Å².